The number of carbonyl (C=O) groups is 2. The monoisotopic (exact) mass is 304 g/mol. The number of likely N-dealkylation sites (tertiary alicyclic amines) is 1. The fourth-order valence-electron chi connectivity index (χ4n) is 2.77. The Kier molecular flexibility index (Phi) is 5.06. The van der Waals surface area contributed by atoms with Crippen LogP contribution in [0.15, 0.2) is 24.3 Å². The predicted molar refractivity (Wildman–Crippen MR) is 84.7 cm³/mol. The highest BCUT2D eigenvalue weighted by Gasteiger charge is 2.34. The van der Waals surface area contributed by atoms with Crippen molar-refractivity contribution in [3.63, 3.8) is 0 Å². The molecule has 1 aliphatic heterocycles. The van der Waals surface area contributed by atoms with Crippen molar-refractivity contribution in [2.24, 2.45) is 5.92 Å². The number of amides is 2. The van der Waals surface area contributed by atoms with Gasteiger partial charge in [-0.1, -0.05) is 12.1 Å². The fourth-order valence-corrected chi connectivity index (χ4v) is 2.77. The zero-order chi connectivity index (χ0) is 16.3. The van der Waals surface area contributed by atoms with Crippen LogP contribution in [0.2, 0.25) is 0 Å². The highest BCUT2D eigenvalue weighted by Crippen LogP contribution is 2.20. The van der Waals surface area contributed by atoms with Crippen LogP contribution in [0.5, 0.6) is 5.75 Å². The first kappa shape index (κ1) is 16.3. The average Bonchev–Trinajstić information content (AvgIpc) is 2.86. The molecule has 0 unspecified atom stereocenters. The van der Waals surface area contributed by atoms with Gasteiger partial charge in [-0.15, -0.1) is 0 Å². The molecule has 1 heterocycles. The summed E-state index contributed by atoms with van der Waals surface area (Å²) in [6, 6.07) is 7.96. The lowest BCUT2D eigenvalue weighted by Crippen LogP contribution is -2.41. The second-order valence-corrected chi connectivity index (χ2v) is 6.03. The number of rotatable bonds is 5. The van der Waals surface area contributed by atoms with Crippen LogP contribution in [0.25, 0.3) is 0 Å². The van der Waals surface area contributed by atoms with Gasteiger partial charge in [0.15, 0.2) is 0 Å². The molecule has 2 atom stereocenters. The number of carbonyl (C=O) groups excluding carboxylic acids is 2. The van der Waals surface area contributed by atoms with E-state index in [0.29, 0.717) is 13.0 Å². The van der Waals surface area contributed by atoms with Crippen molar-refractivity contribution < 1.29 is 14.3 Å². The number of nitrogens with zero attached hydrogens (tertiary/aromatic N) is 2. The number of ether oxygens (including phenoxy) is 1. The van der Waals surface area contributed by atoms with Gasteiger partial charge >= 0.3 is 0 Å². The fraction of sp³-hybridized carbons (Fsp3) is 0.529. The van der Waals surface area contributed by atoms with E-state index in [0.717, 1.165) is 17.7 Å². The maximum atomic E-state index is 12.5. The zero-order valence-electron chi connectivity index (χ0n) is 13.7. The number of likely N-dealkylation sites (N-methyl/N-ethyl adjacent to an activating group) is 1. The van der Waals surface area contributed by atoms with Crippen molar-refractivity contribution in [3.8, 4) is 5.75 Å². The van der Waals surface area contributed by atoms with Crippen molar-refractivity contribution >= 4 is 11.8 Å². The van der Waals surface area contributed by atoms with Gasteiger partial charge in [-0.2, -0.15) is 0 Å². The summed E-state index contributed by atoms with van der Waals surface area (Å²) in [5, 5.41) is 0. The van der Waals surface area contributed by atoms with Gasteiger partial charge in [0.2, 0.25) is 11.8 Å². The van der Waals surface area contributed by atoms with Crippen molar-refractivity contribution in [3.05, 3.63) is 29.8 Å². The molecule has 5 heteroatoms. The minimum atomic E-state index is -0.208. The van der Waals surface area contributed by atoms with E-state index >= 15 is 0 Å². The first-order valence-corrected chi connectivity index (χ1v) is 7.56. The minimum absolute atomic E-state index is 0.0505. The van der Waals surface area contributed by atoms with Crippen LogP contribution in [0.3, 0.4) is 0 Å². The van der Waals surface area contributed by atoms with Crippen molar-refractivity contribution in [2.75, 3.05) is 27.7 Å². The van der Waals surface area contributed by atoms with Crippen LogP contribution < -0.4 is 4.74 Å². The molecule has 0 spiro atoms. The van der Waals surface area contributed by atoms with Crippen molar-refractivity contribution in [2.45, 2.75) is 25.8 Å². The largest absolute Gasteiger partial charge is 0.497 e. The van der Waals surface area contributed by atoms with Crippen LogP contribution in [0.1, 0.15) is 18.9 Å². The average molecular weight is 304 g/mol. The third-order valence-electron chi connectivity index (χ3n) is 4.39. The summed E-state index contributed by atoms with van der Waals surface area (Å²) in [6.07, 6.45) is 1.11. The van der Waals surface area contributed by atoms with Gasteiger partial charge in [0.1, 0.15) is 5.75 Å². The van der Waals surface area contributed by atoms with Gasteiger partial charge in [0.05, 0.1) is 13.0 Å². The highest BCUT2D eigenvalue weighted by atomic mass is 16.5. The summed E-state index contributed by atoms with van der Waals surface area (Å²) < 4.78 is 5.15. The molecular formula is C17H24N2O3. The highest BCUT2D eigenvalue weighted by molar-refractivity contribution is 5.89. The van der Waals surface area contributed by atoms with Crippen LogP contribution in [-0.2, 0) is 16.0 Å². The first-order valence-electron chi connectivity index (χ1n) is 7.56. The van der Waals surface area contributed by atoms with Gasteiger partial charge in [0.25, 0.3) is 0 Å². The van der Waals surface area contributed by atoms with Crippen LogP contribution in [-0.4, -0.2) is 55.4 Å². The van der Waals surface area contributed by atoms with E-state index < -0.39 is 0 Å². The molecule has 1 aromatic carbocycles. The van der Waals surface area contributed by atoms with Gasteiger partial charge in [-0.25, -0.2) is 0 Å². The molecule has 0 radical (unpaired) electrons. The number of hydrogen-bond acceptors (Lipinski definition) is 3. The maximum Gasteiger partial charge on any atom is 0.227 e. The number of methoxy groups -OCH3 is 1. The molecule has 1 saturated heterocycles. The number of benzene rings is 1. The Morgan fingerprint density at radius 2 is 2.05 bits per heavy atom. The molecule has 5 nitrogen and oxygen atoms in total. The molecule has 1 aromatic rings. The number of hydrogen-bond donors (Lipinski definition) is 0. The van der Waals surface area contributed by atoms with Gasteiger partial charge in [-0.3, -0.25) is 9.59 Å². The van der Waals surface area contributed by atoms with E-state index in [1.54, 1.807) is 24.0 Å². The molecule has 0 bridgehead atoms. The van der Waals surface area contributed by atoms with E-state index in [9.17, 15) is 9.59 Å². The Morgan fingerprint density at radius 3 is 2.55 bits per heavy atom. The van der Waals surface area contributed by atoms with E-state index in [4.69, 9.17) is 4.74 Å². The minimum Gasteiger partial charge on any atom is -0.497 e. The Labute approximate surface area is 131 Å². The second kappa shape index (κ2) is 6.81. The van der Waals surface area contributed by atoms with Crippen molar-refractivity contribution in [1.29, 1.82) is 0 Å². The third kappa shape index (κ3) is 3.59. The zero-order valence-corrected chi connectivity index (χ0v) is 13.7. The normalized spacial score (nSPS) is 19.2. The molecule has 2 rings (SSSR count). The quantitative estimate of drug-likeness (QED) is 0.829. The molecule has 1 aliphatic rings. The topological polar surface area (TPSA) is 49.9 Å². The Bertz CT molecular complexity index is 541. The smallest absolute Gasteiger partial charge is 0.227 e. The standard InChI is InChI=1S/C17H24N2O3/c1-12(9-13-5-7-15(22-4)8-6-13)19(3)17(21)14-10-16(20)18(2)11-14/h5-8,12,14H,9-11H2,1-4H3/t12-,14+/m1/s1. The summed E-state index contributed by atoms with van der Waals surface area (Å²) in [7, 11) is 5.21. The van der Waals surface area contributed by atoms with Gasteiger partial charge in [-0.05, 0) is 31.0 Å². The first-order chi connectivity index (χ1) is 10.4. The van der Waals surface area contributed by atoms with E-state index in [1.165, 1.54) is 0 Å². The summed E-state index contributed by atoms with van der Waals surface area (Å²) in [5.41, 5.74) is 1.16. The van der Waals surface area contributed by atoms with E-state index in [2.05, 4.69) is 0 Å². The van der Waals surface area contributed by atoms with Crippen molar-refractivity contribution in [1.82, 2.24) is 9.80 Å². The molecule has 1 fully saturated rings. The lowest BCUT2D eigenvalue weighted by molar-refractivity contribution is -0.136. The van der Waals surface area contributed by atoms with Crippen LogP contribution in [0, 0.1) is 5.92 Å². The Balaban J connectivity index is 1.94. The van der Waals surface area contributed by atoms with Gasteiger partial charge in [0, 0.05) is 33.1 Å². The van der Waals surface area contributed by atoms with Crippen LogP contribution >= 0.6 is 0 Å². The molecule has 2 amide bonds. The lowest BCUT2D eigenvalue weighted by atomic mass is 10.0. The summed E-state index contributed by atoms with van der Waals surface area (Å²) >= 11 is 0. The molecule has 22 heavy (non-hydrogen) atoms. The summed E-state index contributed by atoms with van der Waals surface area (Å²) in [4.78, 5) is 27.5. The third-order valence-corrected chi connectivity index (χ3v) is 4.39. The Morgan fingerprint density at radius 1 is 1.41 bits per heavy atom. The molecule has 0 aliphatic carbocycles. The molecule has 0 N–H and O–H groups in total. The Hall–Kier alpha value is -2.04. The maximum absolute atomic E-state index is 12.5. The molecular weight excluding hydrogens is 280 g/mol. The lowest BCUT2D eigenvalue weighted by Gasteiger charge is -2.27. The molecule has 120 valence electrons. The SMILES string of the molecule is COc1ccc(C[C@@H](C)N(C)C(=O)[C@H]2CC(=O)N(C)C2)cc1. The summed E-state index contributed by atoms with van der Waals surface area (Å²) in [6.45, 7) is 2.56. The second-order valence-electron chi connectivity index (χ2n) is 6.03. The predicted octanol–water partition coefficient (Wildman–Crippen LogP) is 1.56. The van der Waals surface area contributed by atoms with E-state index in [1.807, 2.05) is 38.2 Å². The molecule has 0 aromatic heterocycles. The van der Waals surface area contributed by atoms with E-state index in [-0.39, 0.29) is 23.8 Å². The van der Waals surface area contributed by atoms with Gasteiger partial charge < -0.3 is 14.5 Å². The van der Waals surface area contributed by atoms with Crippen LogP contribution in [0.4, 0.5) is 0 Å². The molecule has 0 saturated carbocycles. The summed E-state index contributed by atoms with van der Waals surface area (Å²) in [5.74, 6) is 0.724.